The molecule has 418 valence electrons. The zero-order chi connectivity index (χ0) is 60.3. The van der Waals surface area contributed by atoms with Crippen LogP contribution in [0.1, 0.15) is 11.1 Å². The van der Waals surface area contributed by atoms with E-state index < -0.39 is 0 Å². The summed E-state index contributed by atoms with van der Waals surface area (Å²) in [5.41, 5.74) is 18.9. The van der Waals surface area contributed by atoms with Gasteiger partial charge in [0.15, 0.2) is 34.9 Å². The van der Waals surface area contributed by atoms with E-state index in [1.54, 1.807) is 0 Å². The maximum absolute atomic E-state index is 10.5. The van der Waals surface area contributed by atoms with Crippen LogP contribution in [-0.2, 0) is 0 Å². The molecule has 8 nitrogen and oxygen atoms in total. The van der Waals surface area contributed by atoms with Crippen molar-refractivity contribution in [3.05, 3.63) is 314 Å². The molecule has 0 radical (unpaired) electrons. The van der Waals surface area contributed by atoms with E-state index in [0.29, 0.717) is 46.1 Å². The number of hydrogen-bond donors (Lipinski definition) is 0. The molecule has 2 heterocycles. The van der Waals surface area contributed by atoms with Crippen LogP contribution in [0, 0.1) is 22.7 Å². The van der Waals surface area contributed by atoms with E-state index in [2.05, 4.69) is 176 Å². The van der Waals surface area contributed by atoms with Gasteiger partial charge in [-0.1, -0.05) is 279 Å². The lowest BCUT2D eigenvalue weighted by molar-refractivity contribution is 1.07. The van der Waals surface area contributed by atoms with Crippen LogP contribution in [0.4, 0.5) is 0 Å². The molecule has 0 fully saturated rings. The minimum absolute atomic E-state index is 0.545. The largest absolute Gasteiger partial charge is 0.208 e. The minimum atomic E-state index is 0.545. The predicted octanol–water partition coefficient (Wildman–Crippen LogP) is 20.1. The van der Waals surface area contributed by atoms with Crippen LogP contribution in [0.3, 0.4) is 0 Å². The van der Waals surface area contributed by atoms with Crippen LogP contribution in [0.25, 0.3) is 157 Å². The molecule has 0 amide bonds. The van der Waals surface area contributed by atoms with Gasteiger partial charge in [-0.2, -0.15) is 10.5 Å². The van der Waals surface area contributed by atoms with Gasteiger partial charge in [-0.15, -0.1) is 0 Å². The SMILES string of the molecule is N#Cc1ccc(-c2ccc(-c3cccc4cccc(-c5ccc(-c6nc(-c7ccccc7)nc(-c7cccc(-c8ccc(-c9ccccc9C#N)c9c(-c%10ccc(-c%11nc(-c%12ccccc%12)nc(-c%12ccccc%12)n%11)cc%10)cccc89)c7)n6)cc5)c34)cc2)cc1. The fourth-order valence-corrected chi connectivity index (χ4v) is 12.1. The van der Waals surface area contributed by atoms with E-state index >= 15 is 0 Å². The molecule has 0 aliphatic carbocycles. The smallest absolute Gasteiger partial charge is 0.164 e. The Bertz CT molecular complexity index is 5210. The standard InChI is InChI=1S/C82H50N8/c83-51-53-32-34-54(35-33-53)55-36-38-56(39-37-55)70-28-13-23-59-24-14-29-71(75(59)70)57-40-44-64(45-41-57)81-88-79(62-20-8-3-9-21-62)89-82(90-81)66-26-12-25-65(50-66)69-48-49-74(68-27-11-10-22-67(68)52-84)76-72(30-15-31-73(69)76)58-42-46-63(47-43-58)80-86-77(60-16-4-1-5-17-60)85-78(87-80)61-18-6-2-7-19-61/h1-50H. The maximum Gasteiger partial charge on any atom is 0.164 e. The van der Waals surface area contributed by atoms with E-state index in [0.717, 1.165) is 116 Å². The second-order valence-corrected chi connectivity index (χ2v) is 22.0. The number of rotatable bonds is 12. The van der Waals surface area contributed by atoms with Gasteiger partial charge in [-0.05, 0) is 107 Å². The van der Waals surface area contributed by atoms with Crippen molar-refractivity contribution < 1.29 is 0 Å². The van der Waals surface area contributed by atoms with Crippen LogP contribution in [-0.4, -0.2) is 29.9 Å². The zero-order valence-electron chi connectivity index (χ0n) is 48.4. The quantitative estimate of drug-likeness (QED) is 0.118. The Morgan fingerprint density at radius 3 is 1.03 bits per heavy atom. The third-order valence-electron chi connectivity index (χ3n) is 16.5. The second-order valence-electron chi connectivity index (χ2n) is 22.0. The summed E-state index contributed by atoms with van der Waals surface area (Å²) in [6, 6.07) is 108. The van der Waals surface area contributed by atoms with Crippen LogP contribution in [0.5, 0.6) is 0 Å². The molecule has 0 spiro atoms. The summed E-state index contributed by atoms with van der Waals surface area (Å²) in [6.45, 7) is 0. The average molecular weight is 1150 g/mol. The Morgan fingerprint density at radius 1 is 0.211 bits per heavy atom. The average Bonchev–Trinajstić information content (AvgIpc) is 0.832. The van der Waals surface area contributed by atoms with Crippen molar-refractivity contribution in [2.75, 3.05) is 0 Å². The molecule has 2 aromatic heterocycles. The number of nitrogens with zero attached hydrogens (tertiary/aromatic N) is 8. The van der Waals surface area contributed by atoms with E-state index in [9.17, 15) is 10.5 Å². The molecule has 0 bridgehead atoms. The highest BCUT2D eigenvalue weighted by molar-refractivity contribution is 6.13. The summed E-state index contributed by atoms with van der Waals surface area (Å²) < 4.78 is 0. The third kappa shape index (κ3) is 10.5. The monoisotopic (exact) mass is 1150 g/mol. The van der Waals surface area contributed by atoms with Gasteiger partial charge < -0.3 is 0 Å². The summed E-state index contributed by atoms with van der Waals surface area (Å²) in [5, 5.41) is 24.2. The summed E-state index contributed by atoms with van der Waals surface area (Å²) in [5.74, 6) is 3.44. The van der Waals surface area contributed by atoms with Crippen LogP contribution < -0.4 is 0 Å². The predicted molar refractivity (Wildman–Crippen MR) is 363 cm³/mol. The highest BCUT2D eigenvalue weighted by Gasteiger charge is 2.20. The van der Waals surface area contributed by atoms with Crippen LogP contribution >= 0.6 is 0 Å². The topological polar surface area (TPSA) is 125 Å². The van der Waals surface area contributed by atoms with E-state index in [-0.39, 0.29) is 0 Å². The highest BCUT2D eigenvalue weighted by Crippen LogP contribution is 2.44. The van der Waals surface area contributed by atoms with Crippen LogP contribution in [0.15, 0.2) is 303 Å². The van der Waals surface area contributed by atoms with Gasteiger partial charge in [-0.3, -0.25) is 0 Å². The normalized spacial score (nSPS) is 11.1. The number of benzene rings is 13. The molecule has 15 rings (SSSR count). The number of aromatic nitrogens is 6. The lowest BCUT2D eigenvalue weighted by Gasteiger charge is -2.17. The summed E-state index contributed by atoms with van der Waals surface area (Å²) in [7, 11) is 0. The first-order chi connectivity index (χ1) is 44.5. The van der Waals surface area contributed by atoms with Crippen molar-refractivity contribution in [2.24, 2.45) is 0 Å². The van der Waals surface area contributed by atoms with Crippen molar-refractivity contribution in [1.29, 1.82) is 10.5 Å². The lowest BCUT2D eigenvalue weighted by Crippen LogP contribution is -2.00. The molecule has 0 aliphatic rings. The fraction of sp³-hybridized carbons (Fsp3) is 0. The van der Waals surface area contributed by atoms with Crippen molar-refractivity contribution in [3.8, 4) is 147 Å². The van der Waals surface area contributed by atoms with Gasteiger partial charge in [-0.25, -0.2) is 29.9 Å². The Balaban J connectivity index is 0.800. The van der Waals surface area contributed by atoms with Gasteiger partial charge >= 0.3 is 0 Å². The molecule has 13 aromatic carbocycles. The number of nitriles is 2. The number of fused-ring (bicyclic) bond motifs is 2. The highest BCUT2D eigenvalue weighted by atomic mass is 15.0. The molecule has 15 aromatic rings. The van der Waals surface area contributed by atoms with Crippen molar-refractivity contribution >= 4 is 21.5 Å². The molecule has 0 saturated carbocycles. The molecule has 90 heavy (non-hydrogen) atoms. The molecule has 0 unspecified atom stereocenters. The zero-order valence-corrected chi connectivity index (χ0v) is 48.4. The van der Waals surface area contributed by atoms with Gasteiger partial charge in [0.05, 0.1) is 23.3 Å². The first-order valence-corrected chi connectivity index (χ1v) is 29.7. The molecule has 0 saturated heterocycles. The van der Waals surface area contributed by atoms with E-state index in [1.807, 2.05) is 140 Å². The van der Waals surface area contributed by atoms with Crippen molar-refractivity contribution in [3.63, 3.8) is 0 Å². The molecular formula is C82H50N8. The van der Waals surface area contributed by atoms with Gasteiger partial charge in [0.2, 0.25) is 0 Å². The Labute approximate surface area is 520 Å². The summed E-state index contributed by atoms with van der Waals surface area (Å²) in [4.78, 5) is 30.5. The first kappa shape index (κ1) is 54.1. The van der Waals surface area contributed by atoms with E-state index in [1.165, 1.54) is 5.39 Å². The Hall–Kier alpha value is -12.6. The first-order valence-electron chi connectivity index (χ1n) is 29.7. The minimum Gasteiger partial charge on any atom is -0.208 e. The molecule has 0 aliphatic heterocycles. The molecular weight excluding hydrogens is 1100 g/mol. The molecule has 0 atom stereocenters. The lowest BCUT2D eigenvalue weighted by atomic mass is 9.86. The van der Waals surface area contributed by atoms with Crippen molar-refractivity contribution in [1.82, 2.24) is 29.9 Å². The Kier molecular flexibility index (Phi) is 14.2. The van der Waals surface area contributed by atoms with Crippen molar-refractivity contribution in [2.45, 2.75) is 0 Å². The van der Waals surface area contributed by atoms with Gasteiger partial charge in [0, 0.05) is 38.9 Å². The second kappa shape index (κ2) is 23.7. The van der Waals surface area contributed by atoms with E-state index in [4.69, 9.17) is 29.9 Å². The van der Waals surface area contributed by atoms with Gasteiger partial charge in [0.25, 0.3) is 0 Å². The van der Waals surface area contributed by atoms with Gasteiger partial charge in [0.1, 0.15) is 0 Å². The van der Waals surface area contributed by atoms with Crippen LogP contribution in [0.2, 0.25) is 0 Å². The summed E-state index contributed by atoms with van der Waals surface area (Å²) >= 11 is 0. The summed E-state index contributed by atoms with van der Waals surface area (Å²) in [6.07, 6.45) is 0. The third-order valence-corrected chi connectivity index (χ3v) is 16.5. The maximum atomic E-state index is 10.5. The fourth-order valence-electron chi connectivity index (χ4n) is 12.1. The Morgan fingerprint density at radius 2 is 0.556 bits per heavy atom. The number of hydrogen-bond acceptors (Lipinski definition) is 8. The molecule has 8 heteroatoms. The molecule has 0 N–H and O–H groups in total.